The molecule has 4 rings (SSSR count). The Bertz CT molecular complexity index is 1340. The second kappa shape index (κ2) is 9.16. The molecule has 0 fully saturated rings. The Kier molecular flexibility index (Phi) is 6.14. The van der Waals surface area contributed by atoms with Gasteiger partial charge < -0.3 is 15.4 Å². The number of aromatic nitrogens is 3. The van der Waals surface area contributed by atoms with Gasteiger partial charge in [-0.05, 0) is 64.8 Å². The lowest BCUT2D eigenvalue weighted by molar-refractivity contribution is 0.439. The van der Waals surface area contributed by atoms with Gasteiger partial charge >= 0.3 is 6.01 Å². The third-order valence-corrected chi connectivity index (χ3v) is 5.22. The molecule has 0 saturated carbocycles. The van der Waals surface area contributed by atoms with Gasteiger partial charge in [0.2, 0.25) is 11.9 Å². The van der Waals surface area contributed by atoms with Gasteiger partial charge in [-0.2, -0.15) is 20.2 Å². The monoisotopic (exact) mass is 492 g/mol. The first kappa shape index (κ1) is 21.5. The number of nitrogens with one attached hydrogen (secondary N) is 2. The lowest BCUT2D eigenvalue weighted by Crippen LogP contribution is -2.14. The van der Waals surface area contributed by atoms with Crippen molar-refractivity contribution in [3.05, 3.63) is 70.5 Å². The molecule has 1 aromatic heterocycles. The highest BCUT2D eigenvalue weighted by Crippen LogP contribution is 2.35. The number of nitriles is 1. The summed E-state index contributed by atoms with van der Waals surface area (Å²) >= 11 is 3.59. The fourth-order valence-electron chi connectivity index (χ4n) is 2.98. The second-order valence-electron chi connectivity index (χ2n) is 7.20. The second-order valence-corrected chi connectivity index (χ2v) is 7.99. The highest BCUT2D eigenvalue weighted by atomic mass is 79.9. The quantitative estimate of drug-likeness (QED) is 0.332. The molecular weight excluding hydrogens is 475 g/mol. The number of fused-ring (bicyclic) bond motifs is 1. The molecule has 0 spiro atoms. The number of benzene rings is 3. The van der Waals surface area contributed by atoms with Gasteiger partial charge in [0.05, 0.1) is 21.8 Å². The summed E-state index contributed by atoms with van der Waals surface area (Å²) in [5.74, 6) is 0.306. The molecule has 0 saturated heterocycles. The van der Waals surface area contributed by atoms with E-state index in [0.29, 0.717) is 5.75 Å². The van der Waals surface area contributed by atoms with Gasteiger partial charge in [0.1, 0.15) is 11.6 Å². The maximum atomic E-state index is 14.3. The Morgan fingerprint density at radius 3 is 2.56 bits per heavy atom. The molecule has 2 N–H and O–H groups in total. The topological polar surface area (TPSA) is 95.8 Å². The molecule has 9 heteroatoms. The molecule has 0 aliphatic heterocycles. The van der Waals surface area contributed by atoms with Gasteiger partial charge in [0.25, 0.3) is 0 Å². The van der Waals surface area contributed by atoms with Crippen LogP contribution in [0.4, 0.5) is 22.0 Å². The van der Waals surface area contributed by atoms with Crippen LogP contribution in [-0.2, 0) is 0 Å². The maximum Gasteiger partial charge on any atom is 0.328 e. The van der Waals surface area contributed by atoms with Gasteiger partial charge in [0, 0.05) is 6.04 Å². The lowest BCUT2D eigenvalue weighted by Gasteiger charge is -2.13. The SMILES string of the molecule is CC(C)Nc1nc(Nc2ccc(C#N)cc2F)nc(Oc2ccc3ccccc3c2Br)n1. The minimum Gasteiger partial charge on any atom is -0.423 e. The number of ether oxygens (including phenoxy) is 1. The number of anilines is 3. The first-order chi connectivity index (χ1) is 15.4. The minimum absolute atomic E-state index is 0.0377. The van der Waals surface area contributed by atoms with Crippen LogP contribution in [0, 0.1) is 17.1 Å². The summed E-state index contributed by atoms with van der Waals surface area (Å²) in [6.45, 7) is 3.88. The van der Waals surface area contributed by atoms with E-state index < -0.39 is 5.82 Å². The highest BCUT2D eigenvalue weighted by molar-refractivity contribution is 9.10. The van der Waals surface area contributed by atoms with E-state index in [4.69, 9.17) is 10.00 Å². The summed E-state index contributed by atoms with van der Waals surface area (Å²) in [5.41, 5.74) is 0.347. The van der Waals surface area contributed by atoms with Crippen LogP contribution >= 0.6 is 15.9 Å². The predicted molar refractivity (Wildman–Crippen MR) is 125 cm³/mol. The molecule has 0 radical (unpaired) electrons. The van der Waals surface area contributed by atoms with E-state index in [1.54, 1.807) is 0 Å². The van der Waals surface area contributed by atoms with Gasteiger partial charge in [0.15, 0.2) is 0 Å². The molecule has 0 amide bonds. The van der Waals surface area contributed by atoms with E-state index in [2.05, 4.69) is 41.5 Å². The highest BCUT2D eigenvalue weighted by Gasteiger charge is 2.14. The standard InChI is InChI=1S/C23H18BrFN6O/c1-13(2)27-21-29-22(28-18-9-7-14(12-26)11-17(18)25)31-23(30-21)32-19-10-8-15-5-3-4-6-16(15)20(19)24/h3-11,13H,1-2H3,(H2,27,28,29,30,31). The summed E-state index contributed by atoms with van der Waals surface area (Å²) in [5, 5.41) is 16.9. The molecular formula is C23H18BrFN6O. The first-order valence-corrected chi connectivity index (χ1v) is 10.6. The molecule has 0 aliphatic carbocycles. The van der Waals surface area contributed by atoms with Crippen molar-refractivity contribution in [2.45, 2.75) is 19.9 Å². The molecule has 0 bridgehead atoms. The fraction of sp³-hybridized carbons (Fsp3) is 0.130. The number of halogens is 2. The molecule has 160 valence electrons. The van der Waals surface area contributed by atoms with Gasteiger partial charge in [-0.1, -0.05) is 30.3 Å². The zero-order valence-electron chi connectivity index (χ0n) is 17.2. The Labute approximate surface area is 192 Å². The van der Waals surface area contributed by atoms with E-state index in [-0.39, 0.29) is 35.2 Å². The zero-order valence-corrected chi connectivity index (χ0v) is 18.8. The normalized spacial score (nSPS) is 10.8. The van der Waals surface area contributed by atoms with Crippen LogP contribution in [0.2, 0.25) is 0 Å². The van der Waals surface area contributed by atoms with Crippen LogP contribution in [0.15, 0.2) is 59.1 Å². The van der Waals surface area contributed by atoms with Crippen molar-refractivity contribution in [2.24, 2.45) is 0 Å². The molecule has 0 atom stereocenters. The minimum atomic E-state index is -0.595. The van der Waals surface area contributed by atoms with Crippen molar-refractivity contribution in [1.82, 2.24) is 15.0 Å². The van der Waals surface area contributed by atoms with E-state index in [9.17, 15) is 4.39 Å². The summed E-state index contributed by atoms with van der Waals surface area (Å²) in [7, 11) is 0. The Morgan fingerprint density at radius 2 is 1.81 bits per heavy atom. The molecule has 4 aromatic rings. The number of nitrogens with zero attached hydrogens (tertiary/aromatic N) is 4. The molecule has 7 nitrogen and oxygen atoms in total. The van der Waals surface area contributed by atoms with Crippen LogP contribution < -0.4 is 15.4 Å². The van der Waals surface area contributed by atoms with Crippen molar-refractivity contribution in [1.29, 1.82) is 5.26 Å². The maximum absolute atomic E-state index is 14.3. The summed E-state index contributed by atoms with van der Waals surface area (Å²) < 4.78 is 21.1. The van der Waals surface area contributed by atoms with Crippen molar-refractivity contribution in [2.75, 3.05) is 10.6 Å². The Balaban J connectivity index is 1.69. The van der Waals surface area contributed by atoms with Crippen LogP contribution in [-0.4, -0.2) is 21.0 Å². The van der Waals surface area contributed by atoms with E-state index in [0.717, 1.165) is 21.3 Å². The van der Waals surface area contributed by atoms with Crippen molar-refractivity contribution < 1.29 is 9.13 Å². The molecule has 1 heterocycles. The van der Waals surface area contributed by atoms with E-state index in [1.165, 1.54) is 12.1 Å². The van der Waals surface area contributed by atoms with Crippen molar-refractivity contribution in [3.8, 4) is 17.8 Å². The summed E-state index contributed by atoms with van der Waals surface area (Å²) in [6.07, 6.45) is 0. The first-order valence-electron chi connectivity index (χ1n) is 9.77. The van der Waals surface area contributed by atoms with Crippen LogP contribution in [0.1, 0.15) is 19.4 Å². The molecule has 32 heavy (non-hydrogen) atoms. The van der Waals surface area contributed by atoms with Gasteiger partial charge in [-0.25, -0.2) is 4.39 Å². The third kappa shape index (κ3) is 4.76. The van der Waals surface area contributed by atoms with E-state index in [1.807, 2.05) is 56.3 Å². The van der Waals surface area contributed by atoms with E-state index >= 15 is 0 Å². The molecule has 3 aromatic carbocycles. The molecule has 0 aliphatic rings. The van der Waals surface area contributed by atoms with Crippen molar-refractivity contribution in [3.63, 3.8) is 0 Å². The fourth-order valence-corrected chi connectivity index (χ4v) is 3.55. The van der Waals surface area contributed by atoms with Crippen molar-refractivity contribution >= 4 is 44.3 Å². The average Bonchev–Trinajstić information content (AvgIpc) is 2.77. The molecule has 0 unspecified atom stereocenters. The lowest BCUT2D eigenvalue weighted by atomic mass is 10.1. The van der Waals surface area contributed by atoms with Gasteiger partial charge in [-0.3, -0.25) is 0 Å². The number of rotatable bonds is 6. The Morgan fingerprint density at radius 1 is 1.03 bits per heavy atom. The smallest absolute Gasteiger partial charge is 0.328 e. The zero-order chi connectivity index (χ0) is 22.7. The van der Waals surface area contributed by atoms with Crippen LogP contribution in [0.25, 0.3) is 10.8 Å². The third-order valence-electron chi connectivity index (χ3n) is 4.41. The Hall–Kier alpha value is -3.77. The number of hydrogen-bond acceptors (Lipinski definition) is 7. The largest absolute Gasteiger partial charge is 0.423 e. The van der Waals surface area contributed by atoms with Crippen LogP contribution in [0.3, 0.4) is 0 Å². The average molecular weight is 493 g/mol. The predicted octanol–water partition coefficient (Wildman–Crippen LogP) is 6.15. The summed E-state index contributed by atoms with van der Waals surface area (Å²) in [4.78, 5) is 12.9. The summed E-state index contributed by atoms with van der Waals surface area (Å²) in [6, 6.07) is 17.7. The van der Waals surface area contributed by atoms with Crippen LogP contribution in [0.5, 0.6) is 11.8 Å². The van der Waals surface area contributed by atoms with Gasteiger partial charge in [-0.15, -0.1) is 0 Å². The number of hydrogen-bond donors (Lipinski definition) is 2.